The molecule has 3 aromatic rings. The van der Waals surface area contributed by atoms with E-state index in [9.17, 15) is 13.2 Å². The van der Waals surface area contributed by atoms with Crippen LogP contribution in [0.5, 0.6) is 0 Å². The maximum atomic E-state index is 12.4. The summed E-state index contributed by atoms with van der Waals surface area (Å²) in [6.07, 6.45) is 1.61. The van der Waals surface area contributed by atoms with Crippen molar-refractivity contribution in [1.82, 2.24) is 10.0 Å². The highest BCUT2D eigenvalue weighted by Gasteiger charge is 2.13. The predicted octanol–water partition coefficient (Wildman–Crippen LogP) is 3.22. The van der Waals surface area contributed by atoms with Gasteiger partial charge in [-0.05, 0) is 47.5 Å². The Morgan fingerprint density at radius 3 is 2.47 bits per heavy atom. The van der Waals surface area contributed by atoms with Crippen molar-refractivity contribution in [3.63, 3.8) is 0 Å². The molecule has 3 rings (SSSR count). The molecule has 0 bridgehead atoms. The number of nitrogens with one attached hydrogen (secondary N) is 2. The molecule has 0 atom stereocenters. The monoisotopic (exact) mass is 428 g/mol. The van der Waals surface area contributed by atoms with E-state index in [4.69, 9.17) is 9.15 Å². The van der Waals surface area contributed by atoms with Crippen molar-refractivity contribution in [2.75, 3.05) is 6.54 Å². The molecular formula is C22H24N2O5S. The number of rotatable bonds is 10. The van der Waals surface area contributed by atoms with Crippen molar-refractivity contribution in [3.05, 3.63) is 89.4 Å². The topological polar surface area (TPSA) is 97.6 Å². The smallest absolute Gasteiger partial charge is 0.251 e. The van der Waals surface area contributed by atoms with Gasteiger partial charge in [0.15, 0.2) is 0 Å². The van der Waals surface area contributed by atoms with Gasteiger partial charge in [0.25, 0.3) is 5.91 Å². The summed E-state index contributed by atoms with van der Waals surface area (Å²) in [5.41, 5.74) is 2.32. The lowest BCUT2D eigenvalue weighted by atomic mass is 10.1. The van der Waals surface area contributed by atoms with Crippen molar-refractivity contribution in [1.29, 1.82) is 0 Å². The summed E-state index contributed by atoms with van der Waals surface area (Å²) in [4.78, 5) is 12.5. The zero-order chi connectivity index (χ0) is 21.4. The molecule has 0 spiro atoms. The van der Waals surface area contributed by atoms with Crippen LogP contribution < -0.4 is 10.0 Å². The summed E-state index contributed by atoms with van der Waals surface area (Å²) in [7, 11) is -3.53. The van der Waals surface area contributed by atoms with Crippen LogP contribution in [0.15, 0.2) is 76.2 Å². The zero-order valence-electron chi connectivity index (χ0n) is 16.6. The second-order valence-electron chi connectivity index (χ2n) is 6.60. The predicted molar refractivity (Wildman–Crippen MR) is 112 cm³/mol. The number of hydrogen-bond acceptors (Lipinski definition) is 5. The van der Waals surface area contributed by atoms with E-state index in [0.717, 1.165) is 16.9 Å². The molecule has 0 saturated carbocycles. The SMILES string of the molecule is CCNS(=O)(=O)c1ccc(C(=O)NCc2cccc(COCc3ccco3)c2)cc1. The van der Waals surface area contributed by atoms with Crippen LogP contribution in [0.4, 0.5) is 0 Å². The van der Waals surface area contributed by atoms with Gasteiger partial charge in [0.2, 0.25) is 10.0 Å². The molecule has 1 heterocycles. The summed E-state index contributed by atoms with van der Waals surface area (Å²) >= 11 is 0. The van der Waals surface area contributed by atoms with Crippen LogP contribution in [0.3, 0.4) is 0 Å². The van der Waals surface area contributed by atoms with Crippen molar-refractivity contribution in [3.8, 4) is 0 Å². The molecule has 0 aliphatic carbocycles. The van der Waals surface area contributed by atoms with Crippen molar-refractivity contribution >= 4 is 15.9 Å². The molecule has 1 aromatic heterocycles. The fraction of sp³-hybridized carbons (Fsp3) is 0.227. The lowest BCUT2D eigenvalue weighted by molar-refractivity contribution is 0.0928. The molecule has 1 amide bonds. The lowest BCUT2D eigenvalue weighted by Gasteiger charge is -2.09. The minimum absolute atomic E-state index is 0.128. The first-order valence-electron chi connectivity index (χ1n) is 9.54. The minimum Gasteiger partial charge on any atom is -0.467 e. The van der Waals surface area contributed by atoms with Gasteiger partial charge in [-0.3, -0.25) is 4.79 Å². The van der Waals surface area contributed by atoms with E-state index >= 15 is 0 Å². The second-order valence-corrected chi connectivity index (χ2v) is 8.37. The van der Waals surface area contributed by atoms with Crippen LogP contribution in [0, 0.1) is 0 Å². The van der Waals surface area contributed by atoms with Crippen LogP contribution in [-0.4, -0.2) is 20.9 Å². The summed E-state index contributed by atoms with van der Waals surface area (Å²) < 4.78 is 37.2. The number of ether oxygens (including phenoxy) is 1. The molecule has 0 saturated heterocycles. The normalized spacial score (nSPS) is 11.4. The molecule has 30 heavy (non-hydrogen) atoms. The van der Waals surface area contributed by atoms with Gasteiger partial charge < -0.3 is 14.5 Å². The Kier molecular flexibility index (Phi) is 7.40. The Morgan fingerprint density at radius 2 is 1.77 bits per heavy atom. The van der Waals surface area contributed by atoms with Crippen LogP contribution in [0.1, 0.15) is 34.2 Å². The van der Waals surface area contributed by atoms with Gasteiger partial charge in [-0.2, -0.15) is 0 Å². The third-order valence-electron chi connectivity index (χ3n) is 4.30. The Bertz CT molecular complexity index is 1060. The van der Waals surface area contributed by atoms with Crippen LogP contribution in [0.2, 0.25) is 0 Å². The molecule has 0 radical (unpaired) electrons. The average molecular weight is 429 g/mol. The number of carbonyl (C=O) groups excluding carboxylic acids is 1. The van der Waals surface area contributed by atoms with Gasteiger partial charge in [0.05, 0.1) is 17.8 Å². The fourth-order valence-corrected chi connectivity index (χ4v) is 3.88. The largest absolute Gasteiger partial charge is 0.467 e. The number of hydrogen-bond donors (Lipinski definition) is 2. The third-order valence-corrected chi connectivity index (χ3v) is 5.86. The first kappa shape index (κ1) is 21.8. The van der Waals surface area contributed by atoms with Crippen molar-refractivity contribution in [2.24, 2.45) is 0 Å². The third kappa shape index (κ3) is 6.03. The minimum atomic E-state index is -3.53. The fourth-order valence-electron chi connectivity index (χ4n) is 2.84. The van der Waals surface area contributed by atoms with Gasteiger partial charge in [-0.1, -0.05) is 31.2 Å². The highest BCUT2D eigenvalue weighted by atomic mass is 32.2. The Labute approximate surface area is 176 Å². The van der Waals surface area contributed by atoms with E-state index in [0.29, 0.717) is 31.9 Å². The van der Waals surface area contributed by atoms with Crippen LogP contribution >= 0.6 is 0 Å². The van der Waals surface area contributed by atoms with E-state index in [1.54, 1.807) is 13.2 Å². The van der Waals surface area contributed by atoms with Crippen LogP contribution in [0.25, 0.3) is 0 Å². The summed E-state index contributed by atoms with van der Waals surface area (Å²) in [5.74, 6) is 0.490. The maximum absolute atomic E-state index is 12.4. The molecule has 0 unspecified atom stereocenters. The highest BCUT2D eigenvalue weighted by Crippen LogP contribution is 2.12. The molecular weight excluding hydrogens is 404 g/mol. The van der Waals surface area contributed by atoms with Gasteiger partial charge >= 0.3 is 0 Å². The van der Waals surface area contributed by atoms with Gasteiger partial charge in [-0.15, -0.1) is 0 Å². The van der Waals surface area contributed by atoms with Crippen molar-refractivity contribution < 1.29 is 22.4 Å². The first-order valence-corrected chi connectivity index (χ1v) is 11.0. The zero-order valence-corrected chi connectivity index (χ0v) is 17.4. The van der Waals surface area contributed by atoms with Crippen molar-refractivity contribution in [2.45, 2.75) is 31.6 Å². The Morgan fingerprint density at radius 1 is 1.00 bits per heavy atom. The molecule has 7 nitrogen and oxygen atoms in total. The molecule has 158 valence electrons. The second kappa shape index (κ2) is 10.2. The summed E-state index contributed by atoms with van der Waals surface area (Å²) in [5, 5.41) is 2.84. The number of amides is 1. The Hall–Kier alpha value is -2.94. The first-order chi connectivity index (χ1) is 14.5. The highest BCUT2D eigenvalue weighted by molar-refractivity contribution is 7.89. The van der Waals surface area contributed by atoms with Gasteiger partial charge in [0, 0.05) is 18.7 Å². The molecule has 0 aliphatic heterocycles. The van der Waals surface area contributed by atoms with Gasteiger partial charge in [0.1, 0.15) is 12.4 Å². The van der Waals surface area contributed by atoms with E-state index in [-0.39, 0.29) is 10.8 Å². The molecule has 2 N–H and O–H groups in total. The molecule has 8 heteroatoms. The quantitative estimate of drug-likeness (QED) is 0.517. The van der Waals surface area contributed by atoms with Crippen LogP contribution in [-0.2, 0) is 34.5 Å². The van der Waals surface area contributed by atoms with E-state index in [1.807, 2.05) is 36.4 Å². The molecule has 0 aliphatic rings. The van der Waals surface area contributed by atoms with E-state index < -0.39 is 10.0 Å². The summed E-state index contributed by atoms with van der Waals surface area (Å²) in [6, 6.07) is 17.3. The Balaban J connectivity index is 1.53. The number of benzene rings is 2. The number of carbonyl (C=O) groups is 1. The number of furan rings is 1. The van der Waals surface area contributed by atoms with Gasteiger partial charge in [-0.25, -0.2) is 13.1 Å². The summed E-state index contributed by atoms with van der Waals surface area (Å²) in [6.45, 7) is 3.19. The van der Waals surface area contributed by atoms with E-state index in [2.05, 4.69) is 10.0 Å². The average Bonchev–Trinajstić information content (AvgIpc) is 3.26. The number of sulfonamides is 1. The molecule has 2 aromatic carbocycles. The lowest BCUT2D eigenvalue weighted by Crippen LogP contribution is -2.24. The standard InChI is InChI=1S/C22H24N2O5S/c1-2-24-30(26,27)21-10-8-19(9-11-21)22(25)23-14-17-5-3-6-18(13-17)15-28-16-20-7-4-12-29-20/h3-13,24H,2,14-16H2,1H3,(H,23,25). The maximum Gasteiger partial charge on any atom is 0.251 e. The molecule has 0 fully saturated rings. The van der Waals surface area contributed by atoms with E-state index in [1.165, 1.54) is 24.3 Å².